The maximum absolute atomic E-state index is 13.1. The van der Waals surface area contributed by atoms with E-state index in [1.54, 1.807) is 16.7 Å². The van der Waals surface area contributed by atoms with Gasteiger partial charge in [0.05, 0.1) is 5.69 Å². The van der Waals surface area contributed by atoms with Crippen LogP contribution >= 0.6 is 35.7 Å². The molecular weight excluding hydrogens is 380 g/mol. The van der Waals surface area contributed by atoms with Crippen LogP contribution in [0.3, 0.4) is 0 Å². The zero-order valence-corrected chi connectivity index (χ0v) is 16.8. The monoisotopic (exact) mass is 398 g/mol. The van der Waals surface area contributed by atoms with Gasteiger partial charge in [0.15, 0.2) is 0 Å². The average molecular weight is 399 g/mol. The Balaban J connectivity index is 1.58. The van der Waals surface area contributed by atoms with Crippen molar-refractivity contribution < 1.29 is 4.79 Å². The highest BCUT2D eigenvalue weighted by Crippen LogP contribution is 2.50. The van der Waals surface area contributed by atoms with Crippen LogP contribution in [0, 0.1) is 0 Å². The molecule has 2 heterocycles. The van der Waals surface area contributed by atoms with E-state index in [0.717, 1.165) is 22.9 Å². The molecule has 26 heavy (non-hydrogen) atoms. The van der Waals surface area contributed by atoms with Gasteiger partial charge in [-0.25, -0.2) is 0 Å². The summed E-state index contributed by atoms with van der Waals surface area (Å²) in [6.45, 7) is 3.56. The highest BCUT2D eigenvalue weighted by atomic mass is 32.2. The van der Waals surface area contributed by atoms with Crippen LogP contribution in [-0.2, 0) is 11.2 Å². The van der Waals surface area contributed by atoms with E-state index in [9.17, 15) is 4.79 Å². The van der Waals surface area contributed by atoms with Crippen molar-refractivity contribution in [2.45, 2.75) is 18.2 Å². The molecule has 2 aliphatic rings. The molecule has 0 N–H and O–H groups in total. The van der Waals surface area contributed by atoms with E-state index < -0.39 is 0 Å². The Bertz CT molecular complexity index is 895. The molecule has 2 aliphatic heterocycles. The zero-order chi connectivity index (χ0) is 18.1. The normalized spacial score (nSPS) is 19.4. The summed E-state index contributed by atoms with van der Waals surface area (Å²) >= 11 is 8.61. The lowest BCUT2D eigenvalue weighted by Crippen LogP contribution is -2.31. The van der Waals surface area contributed by atoms with Gasteiger partial charge in [-0.2, -0.15) is 0 Å². The predicted octanol–water partition coefficient (Wildman–Crippen LogP) is 4.89. The van der Waals surface area contributed by atoms with E-state index in [1.165, 1.54) is 27.9 Å². The fourth-order valence-electron chi connectivity index (χ4n) is 3.12. The lowest BCUT2D eigenvalue weighted by atomic mass is 10.1. The molecule has 132 valence electrons. The Morgan fingerprint density at radius 3 is 2.46 bits per heavy atom. The maximum Gasteiger partial charge on any atom is 0.268 e. The van der Waals surface area contributed by atoms with Crippen molar-refractivity contribution in [2.75, 3.05) is 18.0 Å². The van der Waals surface area contributed by atoms with Crippen molar-refractivity contribution in [2.24, 2.45) is 0 Å². The number of para-hydroxylation sites is 1. The number of thioether (sulfide) groups is 2. The number of nitrogens with zero attached hydrogens (tertiary/aromatic N) is 2. The van der Waals surface area contributed by atoms with Gasteiger partial charge in [0.25, 0.3) is 5.91 Å². The summed E-state index contributed by atoms with van der Waals surface area (Å²) in [7, 11) is 0. The van der Waals surface area contributed by atoms with Gasteiger partial charge in [0.1, 0.15) is 14.3 Å². The molecule has 1 saturated heterocycles. The van der Waals surface area contributed by atoms with Crippen molar-refractivity contribution >= 4 is 51.7 Å². The lowest BCUT2D eigenvalue weighted by molar-refractivity contribution is -0.122. The van der Waals surface area contributed by atoms with Crippen LogP contribution in [0.5, 0.6) is 0 Å². The van der Waals surface area contributed by atoms with Gasteiger partial charge < -0.3 is 4.90 Å². The van der Waals surface area contributed by atoms with Crippen LogP contribution in [0.4, 0.5) is 5.69 Å². The second kappa shape index (κ2) is 7.47. The molecule has 6 heteroatoms. The third kappa shape index (κ3) is 3.17. The molecule has 0 radical (unpaired) electrons. The topological polar surface area (TPSA) is 23.6 Å². The lowest BCUT2D eigenvalue weighted by Gasteiger charge is -2.19. The van der Waals surface area contributed by atoms with Crippen molar-refractivity contribution in [1.82, 2.24) is 4.90 Å². The smallest absolute Gasteiger partial charge is 0.268 e. The highest BCUT2D eigenvalue weighted by Gasteiger charge is 2.38. The Morgan fingerprint density at radius 1 is 0.962 bits per heavy atom. The third-order valence-electron chi connectivity index (χ3n) is 4.43. The standard InChI is InChI=1S/C20H18N2OS3/c1-2-21-15-10-6-7-11-16(15)25-19(21)17-18(23)22(20(24)26-17)13-12-14-8-4-3-5-9-14/h3-11H,2,12-13H2,1H3/b19-17-. The van der Waals surface area contributed by atoms with E-state index in [2.05, 4.69) is 36.1 Å². The van der Waals surface area contributed by atoms with Gasteiger partial charge in [-0.1, -0.05) is 78.2 Å². The number of hydrogen-bond donors (Lipinski definition) is 0. The first-order valence-corrected chi connectivity index (χ1v) is 10.6. The molecule has 0 bridgehead atoms. The van der Waals surface area contributed by atoms with Gasteiger partial charge in [0, 0.05) is 18.0 Å². The Hall–Kier alpha value is -1.76. The number of carbonyl (C=O) groups excluding carboxylic acids is 1. The second-order valence-corrected chi connectivity index (χ2v) is 8.68. The van der Waals surface area contributed by atoms with Crippen LogP contribution < -0.4 is 4.90 Å². The molecule has 0 spiro atoms. The van der Waals surface area contributed by atoms with Crippen molar-refractivity contribution in [3.63, 3.8) is 0 Å². The Kier molecular flexibility index (Phi) is 5.07. The molecule has 2 aromatic carbocycles. The first kappa shape index (κ1) is 17.6. The molecule has 0 saturated carbocycles. The summed E-state index contributed by atoms with van der Waals surface area (Å²) in [4.78, 5) is 19.0. The zero-order valence-electron chi connectivity index (χ0n) is 14.3. The molecule has 0 aromatic heterocycles. The third-order valence-corrected chi connectivity index (χ3v) is 7.18. The van der Waals surface area contributed by atoms with Crippen molar-refractivity contribution in [3.8, 4) is 0 Å². The number of amides is 1. The van der Waals surface area contributed by atoms with E-state index in [0.29, 0.717) is 10.9 Å². The molecule has 4 rings (SSSR count). The molecule has 0 unspecified atom stereocenters. The van der Waals surface area contributed by atoms with Crippen LogP contribution in [-0.4, -0.2) is 28.2 Å². The van der Waals surface area contributed by atoms with Crippen molar-refractivity contribution in [1.29, 1.82) is 0 Å². The van der Waals surface area contributed by atoms with Crippen LogP contribution in [0.2, 0.25) is 0 Å². The molecule has 0 aliphatic carbocycles. The van der Waals surface area contributed by atoms with E-state index in [1.807, 2.05) is 30.3 Å². The summed E-state index contributed by atoms with van der Waals surface area (Å²) in [5.74, 6) is 0.0321. The number of thiocarbonyl (C=S) groups is 1. The Labute approximate surface area is 167 Å². The first-order valence-electron chi connectivity index (χ1n) is 8.55. The number of fused-ring (bicyclic) bond motifs is 1. The largest absolute Gasteiger partial charge is 0.334 e. The summed E-state index contributed by atoms with van der Waals surface area (Å²) in [6, 6.07) is 18.5. The van der Waals surface area contributed by atoms with Gasteiger partial charge in [-0.05, 0) is 31.0 Å². The first-order chi connectivity index (χ1) is 12.7. The predicted molar refractivity (Wildman–Crippen MR) is 114 cm³/mol. The average Bonchev–Trinajstić information content (AvgIpc) is 3.17. The molecule has 1 amide bonds. The summed E-state index contributed by atoms with van der Waals surface area (Å²) in [5, 5.41) is 1.01. The minimum Gasteiger partial charge on any atom is -0.334 e. The highest BCUT2D eigenvalue weighted by molar-refractivity contribution is 8.27. The minimum absolute atomic E-state index is 0.0321. The SMILES string of the molecule is CCN1/C(=C2/SC(=S)N(CCc3ccccc3)C2=O)Sc2ccccc21. The quantitative estimate of drug-likeness (QED) is 0.539. The van der Waals surface area contributed by atoms with Crippen LogP contribution in [0.15, 0.2) is 69.4 Å². The number of anilines is 1. The molecule has 2 aromatic rings. The van der Waals surface area contributed by atoms with Gasteiger partial charge in [-0.15, -0.1) is 0 Å². The number of benzene rings is 2. The van der Waals surface area contributed by atoms with E-state index in [4.69, 9.17) is 12.2 Å². The minimum atomic E-state index is 0.0321. The number of rotatable bonds is 4. The second-order valence-electron chi connectivity index (χ2n) is 6.01. The van der Waals surface area contributed by atoms with E-state index >= 15 is 0 Å². The molecule has 1 fully saturated rings. The fraction of sp³-hybridized carbons (Fsp3) is 0.200. The van der Waals surface area contributed by atoms with Crippen molar-refractivity contribution in [3.05, 3.63) is 70.1 Å². The number of hydrogen-bond acceptors (Lipinski definition) is 5. The maximum atomic E-state index is 13.1. The summed E-state index contributed by atoms with van der Waals surface area (Å²) in [5.41, 5.74) is 2.39. The van der Waals surface area contributed by atoms with Gasteiger partial charge >= 0.3 is 0 Å². The molecule has 3 nitrogen and oxygen atoms in total. The van der Waals surface area contributed by atoms with Crippen LogP contribution in [0.25, 0.3) is 0 Å². The summed E-state index contributed by atoms with van der Waals surface area (Å²) < 4.78 is 0.654. The van der Waals surface area contributed by atoms with Gasteiger partial charge in [-0.3, -0.25) is 9.69 Å². The Morgan fingerprint density at radius 2 is 1.69 bits per heavy atom. The molecular formula is C20H18N2OS3. The summed E-state index contributed by atoms with van der Waals surface area (Å²) in [6.07, 6.45) is 0.806. The molecule has 0 atom stereocenters. The van der Waals surface area contributed by atoms with E-state index in [-0.39, 0.29) is 5.91 Å². The number of carbonyl (C=O) groups is 1. The van der Waals surface area contributed by atoms with Crippen LogP contribution in [0.1, 0.15) is 12.5 Å². The fourth-order valence-corrected chi connectivity index (χ4v) is 5.81. The van der Waals surface area contributed by atoms with Gasteiger partial charge in [0.2, 0.25) is 0 Å².